The van der Waals surface area contributed by atoms with E-state index in [1.165, 1.54) is 12.1 Å². The van der Waals surface area contributed by atoms with Gasteiger partial charge in [-0.3, -0.25) is 24.4 Å². The van der Waals surface area contributed by atoms with Crippen LogP contribution in [-0.2, 0) is 27.3 Å². The first kappa shape index (κ1) is 23.6. The van der Waals surface area contributed by atoms with Gasteiger partial charge in [-0.1, -0.05) is 30.3 Å². The van der Waals surface area contributed by atoms with Crippen molar-refractivity contribution in [2.24, 2.45) is 5.92 Å². The van der Waals surface area contributed by atoms with E-state index < -0.39 is 16.8 Å². The molecule has 172 valence electrons. The van der Waals surface area contributed by atoms with Crippen molar-refractivity contribution in [2.75, 3.05) is 18.1 Å². The minimum Gasteiger partial charge on any atom is -0.465 e. The van der Waals surface area contributed by atoms with Crippen molar-refractivity contribution in [1.82, 2.24) is 9.78 Å². The highest BCUT2D eigenvalue weighted by Crippen LogP contribution is 2.20. The summed E-state index contributed by atoms with van der Waals surface area (Å²) in [5.41, 5.74) is 2.13. The van der Waals surface area contributed by atoms with Crippen molar-refractivity contribution < 1.29 is 19.2 Å². The number of esters is 1. The number of carbonyl (C=O) groups excluding carboxylic acids is 2. The maximum Gasteiger partial charge on any atom is 0.318 e. The van der Waals surface area contributed by atoms with Crippen molar-refractivity contribution in [2.45, 2.75) is 26.8 Å². The highest BCUT2D eigenvalue weighted by atomic mass is 16.6. The molecule has 0 fully saturated rings. The molecule has 0 N–H and O–H groups in total. The van der Waals surface area contributed by atoms with Crippen LogP contribution in [0.4, 0.5) is 11.4 Å². The molecule has 3 rings (SSSR count). The number of hydrogen-bond donors (Lipinski definition) is 0. The molecule has 0 spiro atoms. The van der Waals surface area contributed by atoms with Crippen molar-refractivity contribution in [3.63, 3.8) is 0 Å². The summed E-state index contributed by atoms with van der Waals surface area (Å²) in [6, 6.07) is 15.5. The van der Waals surface area contributed by atoms with Crippen LogP contribution in [0.2, 0.25) is 0 Å². The minimum absolute atomic E-state index is 0.00780. The average molecular weight is 450 g/mol. The van der Waals surface area contributed by atoms with Gasteiger partial charge in [-0.15, -0.1) is 0 Å². The molecule has 1 atom stereocenters. The lowest BCUT2D eigenvalue weighted by Crippen LogP contribution is -2.41. The largest absolute Gasteiger partial charge is 0.465 e. The van der Waals surface area contributed by atoms with Crippen LogP contribution in [-0.4, -0.2) is 39.7 Å². The molecule has 33 heavy (non-hydrogen) atoms. The number of benzene rings is 2. The van der Waals surface area contributed by atoms with Crippen LogP contribution in [0.5, 0.6) is 0 Å². The van der Waals surface area contributed by atoms with Crippen molar-refractivity contribution in [3.05, 3.63) is 88.2 Å². The van der Waals surface area contributed by atoms with Crippen LogP contribution in [0, 0.1) is 16.0 Å². The molecule has 1 unspecified atom stereocenters. The molecule has 0 radical (unpaired) electrons. The maximum absolute atomic E-state index is 13.3. The summed E-state index contributed by atoms with van der Waals surface area (Å²) in [7, 11) is 0. The van der Waals surface area contributed by atoms with E-state index in [0.717, 1.165) is 5.56 Å². The number of rotatable bonds is 10. The molecule has 0 aliphatic rings. The van der Waals surface area contributed by atoms with E-state index in [-0.39, 0.29) is 24.6 Å². The SMILES string of the molecule is CCOC(=O)C(Cc1cnn(Cc2cccc([N+](=O)[O-])c2)c1)C(=O)N(CC)c1ccccc1. The third-order valence-electron chi connectivity index (χ3n) is 5.11. The number of nitro groups is 1. The van der Waals surface area contributed by atoms with E-state index in [1.807, 2.05) is 37.3 Å². The van der Waals surface area contributed by atoms with E-state index >= 15 is 0 Å². The van der Waals surface area contributed by atoms with Crippen molar-refractivity contribution in [3.8, 4) is 0 Å². The molecule has 9 heteroatoms. The summed E-state index contributed by atoms with van der Waals surface area (Å²) in [4.78, 5) is 38.1. The average Bonchev–Trinajstić information content (AvgIpc) is 3.25. The van der Waals surface area contributed by atoms with E-state index in [2.05, 4.69) is 5.10 Å². The van der Waals surface area contributed by atoms with Crippen molar-refractivity contribution >= 4 is 23.3 Å². The molecule has 0 bridgehead atoms. The third-order valence-corrected chi connectivity index (χ3v) is 5.11. The van der Waals surface area contributed by atoms with E-state index in [0.29, 0.717) is 24.3 Å². The van der Waals surface area contributed by atoms with Gasteiger partial charge in [0, 0.05) is 30.6 Å². The number of amides is 1. The van der Waals surface area contributed by atoms with Gasteiger partial charge in [0.1, 0.15) is 5.92 Å². The van der Waals surface area contributed by atoms with Gasteiger partial charge < -0.3 is 9.64 Å². The Bertz CT molecular complexity index is 1110. The summed E-state index contributed by atoms with van der Waals surface area (Å²) in [6.07, 6.45) is 3.46. The highest BCUT2D eigenvalue weighted by Gasteiger charge is 2.32. The third kappa shape index (κ3) is 6.03. The summed E-state index contributed by atoms with van der Waals surface area (Å²) in [5, 5.41) is 15.3. The predicted octanol–water partition coefficient (Wildman–Crippen LogP) is 3.61. The lowest BCUT2D eigenvalue weighted by Gasteiger charge is -2.25. The Kier molecular flexibility index (Phi) is 7.91. The lowest BCUT2D eigenvalue weighted by atomic mass is 9.99. The minimum atomic E-state index is -1.01. The molecule has 9 nitrogen and oxygen atoms in total. The second-order valence-electron chi connectivity index (χ2n) is 7.40. The number of nitro benzene ring substituents is 1. The first-order valence-electron chi connectivity index (χ1n) is 10.7. The van der Waals surface area contributed by atoms with Gasteiger partial charge in [0.2, 0.25) is 5.91 Å². The standard InChI is InChI=1S/C24H26N4O5/c1-3-27(20-10-6-5-7-11-20)23(29)22(24(30)33-4-2)14-19-15-25-26(17-19)16-18-9-8-12-21(13-18)28(31)32/h5-13,15,17,22H,3-4,14,16H2,1-2H3. The second-order valence-corrected chi connectivity index (χ2v) is 7.40. The number of hydrogen-bond acceptors (Lipinski definition) is 6. The Morgan fingerprint density at radius 1 is 1.12 bits per heavy atom. The lowest BCUT2D eigenvalue weighted by molar-refractivity contribution is -0.384. The molecule has 0 aliphatic heterocycles. The maximum atomic E-state index is 13.3. The fourth-order valence-electron chi connectivity index (χ4n) is 3.57. The van der Waals surface area contributed by atoms with Gasteiger partial charge in [0.05, 0.1) is 24.3 Å². The quantitative estimate of drug-likeness (QED) is 0.202. The molecule has 0 aliphatic carbocycles. The van der Waals surface area contributed by atoms with Crippen LogP contribution < -0.4 is 4.90 Å². The van der Waals surface area contributed by atoms with Crippen LogP contribution in [0.15, 0.2) is 67.0 Å². The zero-order valence-electron chi connectivity index (χ0n) is 18.6. The number of para-hydroxylation sites is 1. The van der Waals surface area contributed by atoms with Crippen molar-refractivity contribution in [1.29, 1.82) is 0 Å². The normalized spacial score (nSPS) is 11.6. The van der Waals surface area contributed by atoms with Gasteiger partial charge in [0.15, 0.2) is 0 Å². The Hall–Kier alpha value is -4.01. The number of anilines is 1. The number of nitrogens with zero attached hydrogens (tertiary/aromatic N) is 4. The Labute approximate surface area is 191 Å². The first-order valence-corrected chi connectivity index (χ1v) is 10.7. The van der Waals surface area contributed by atoms with Gasteiger partial charge in [-0.25, -0.2) is 0 Å². The molecule has 0 saturated heterocycles. The monoisotopic (exact) mass is 450 g/mol. The smallest absolute Gasteiger partial charge is 0.318 e. The van der Waals surface area contributed by atoms with Gasteiger partial charge in [0.25, 0.3) is 5.69 Å². The molecular formula is C24H26N4O5. The second kappa shape index (κ2) is 11.0. The van der Waals surface area contributed by atoms with E-state index in [1.54, 1.807) is 41.0 Å². The Morgan fingerprint density at radius 2 is 1.88 bits per heavy atom. The molecule has 1 heterocycles. The summed E-state index contributed by atoms with van der Waals surface area (Å²) >= 11 is 0. The molecule has 1 amide bonds. The van der Waals surface area contributed by atoms with Gasteiger partial charge in [-0.2, -0.15) is 5.10 Å². The highest BCUT2D eigenvalue weighted by molar-refractivity contribution is 6.06. The van der Waals surface area contributed by atoms with Crippen LogP contribution in [0.25, 0.3) is 0 Å². The van der Waals surface area contributed by atoms with Gasteiger partial charge >= 0.3 is 5.97 Å². The topological polar surface area (TPSA) is 108 Å². The summed E-state index contributed by atoms with van der Waals surface area (Å²) in [6.45, 7) is 4.46. The number of aromatic nitrogens is 2. The molecule has 1 aromatic heterocycles. The number of ether oxygens (including phenoxy) is 1. The van der Waals surface area contributed by atoms with Crippen LogP contribution in [0.1, 0.15) is 25.0 Å². The fraction of sp³-hybridized carbons (Fsp3) is 0.292. The number of non-ortho nitro benzene ring substituents is 1. The zero-order chi connectivity index (χ0) is 23.8. The molecular weight excluding hydrogens is 424 g/mol. The van der Waals surface area contributed by atoms with Crippen LogP contribution in [0.3, 0.4) is 0 Å². The first-order chi connectivity index (χ1) is 15.9. The van der Waals surface area contributed by atoms with Gasteiger partial charge in [-0.05, 0) is 43.5 Å². The predicted molar refractivity (Wildman–Crippen MR) is 123 cm³/mol. The zero-order valence-corrected chi connectivity index (χ0v) is 18.6. The summed E-state index contributed by atoms with van der Waals surface area (Å²) in [5.74, 6) is -1.93. The summed E-state index contributed by atoms with van der Waals surface area (Å²) < 4.78 is 6.81. The van der Waals surface area contributed by atoms with E-state index in [9.17, 15) is 19.7 Å². The number of carbonyl (C=O) groups is 2. The Morgan fingerprint density at radius 3 is 2.55 bits per heavy atom. The molecule has 3 aromatic rings. The Balaban J connectivity index is 1.79. The van der Waals surface area contributed by atoms with Crippen LogP contribution >= 0.6 is 0 Å². The molecule has 2 aromatic carbocycles. The molecule has 0 saturated carbocycles. The fourth-order valence-corrected chi connectivity index (χ4v) is 3.57. The van der Waals surface area contributed by atoms with E-state index in [4.69, 9.17) is 4.74 Å².